The van der Waals surface area contributed by atoms with Gasteiger partial charge >= 0.3 is 0 Å². The molecule has 0 atom stereocenters. The summed E-state index contributed by atoms with van der Waals surface area (Å²) < 4.78 is 0. The van der Waals surface area contributed by atoms with Crippen LogP contribution in [0.25, 0.3) is 0 Å². The van der Waals surface area contributed by atoms with Gasteiger partial charge in [0.15, 0.2) is 0 Å². The van der Waals surface area contributed by atoms with Crippen molar-refractivity contribution >= 4 is 11.4 Å². The average Bonchev–Trinajstić information content (AvgIpc) is 2.38. The number of nitrogen functional groups attached to an aromatic ring is 1. The van der Waals surface area contributed by atoms with Gasteiger partial charge in [-0.25, -0.2) is 0 Å². The Labute approximate surface area is 120 Å². The largest absolute Gasteiger partial charge is 0.399 e. The second-order valence-corrected chi connectivity index (χ2v) is 5.96. The number of piperazine rings is 1. The van der Waals surface area contributed by atoms with Gasteiger partial charge in [0.05, 0.1) is 16.9 Å². The molecule has 0 bridgehead atoms. The quantitative estimate of drug-likeness (QED) is 0.805. The fourth-order valence-corrected chi connectivity index (χ4v) is 2.61. The monoisotopic (exact) mass is 274 g/mol. The molecule has 108 valence electrons. The highest BCUT2D eigenvalue weighted by atomic mass is 16.3. The summed E-state index contributed by atoms with van der Waals surface area (Å²) in [7, 11) is 0. The van der Waals surface area contributed by atoms with Crippen molar-refractivity contribution in [3.8, 4) is 6.07 Å². The molecule has 1 saturated heterocycles. The van der Waals surface area contributed by atoms with Crippen molar-refractivity contribution in [1.82, 2.24) is 4.90 Å². The molecule has 0 aliphatic carbocycles. The third-order valence-corrected chi connectivity index (χ3v) is 3.46. The van der Waals surface area contributed by atoms with Gasteiger partial charge in [-0.15, -0.1) is 0 Å². The van der Waals surface area contributed by atoms with Crippen LogP contribution in [0.5, 0.6) is 0 Å². The Morgan fingerprint density at radius 3 is 2.50 bits per heavy atom. The maximum Gasteiger partial charge on any atom is 0.101 e. The van der Waals surface area contributed by atoms with E-state index >= 15 is 0 Å². The summed E-state index contributed by atoms with van der Waals surface area (Å²) >= 11 is 0. The molecule has 1 aliphatic rings. The molecule has 1 heterocycles. The molecule has 5 nitrogen and oxygen atoms in total. The second kappa shape index (κ2) is 5.70. The Balaban J connectivity index is 2.03. The number of nitrogens with two attached hydrogens (primary N) is 1. The highest BCUT2D eigenvalue weighted by molar-refractivity contribution is 5.64. The summed E-state index contributed by atoms with van der Waals surface area (Å²) in [6, 6.07) is 7.68. The van der Waals surface area contributed by atoms with Crippen LogP contribution < -0.4 is 10.6 Å². The zero-order valence-electron chi connectivity index (χ0n) is 12.1. The van der Waals surface area contributed by atoms with Gasteiger partial charge in [0.2, 0.25) is 0 Å². The van der Waals surface area contributed by atoms with Crippen molar-refractivity contribution in [1.29, 1.82) is 5.26 Å². The lowest BCUT2D eigenvalue weighted by Crippen LogP contribution is -2.50. The van der Waals surface area contributed by atoms with Crippen LogP contribution in [0.3, 0.4) is 0 Å². The molecule has 1 aliphatic heterocycles. The number of hydrogen-bond donors (Lipinski definition) is 2. The Morgan fingerprint density at radius 1 is 1.30 bits per heavy atom. The number of rotatable bonds is 3. The van der Waals surface area contributed by atoms with Gasteiger partial charge in [0.1, 0.15) is 6.07 Å². The number of nitrogens with zero attached hydrogens (tertiary/aromatic N) is 3. The predicted octanol–water partition coefficient (Wildman–Crippen LogP) is 1.03. The van der Waals surface area contributed by atoms with Crippen molar-refractivity contribution in [2.75, 3.05) is 43.4 Å². The van der Waals surface area contributed by atoms with Crippen LogP contribution >= 0.6 is 0 Å². The minimum absolute atomic E-state index is 0.617. The van der Waals surface area contributed by atoms with Crippen LogP contribution in [-0.4, -0.2) is 48.3 Å². The lowest BCUT2D eigenvalue weighted by atomic mass is 10.1. The minimum atomic E-state index is -0.665. The fraction of sp³-hybridized carbons (Fsp3) is 0.533. The summed E-state index contributed by atoms with van der Waals surface area (Å²) in [5.74, 6) is 0. The van der Waals surface area contributed by atoms with Crippen LogP contribution in [-0.2, 0) is 0 Å². The Hall–Kier alpha value is -1.77. The highest BCUT2D eigenvalue weighted by Gasteiger charge is 2.23. The first-order valence-electron chi connectivity index (χ1n) is 6.88. The molecule has 20 heavy (non-hydrogen) atoms. The fourth-order valence-electron chi connectivity index (χ4n) is 2.61. The molecular weight excluding hydrogens is 252 g/mol. The van der Waals surface area contributed by atoms with E-state index in [9.17, 15) is 10.4 Å². The third-order valence-electron chi connectivity index (χ3n) is 3.46. The van der Waals surface area contributed by atoms with E-state index in [0.29, 0.717) is 17.8 Å². The summed E-state index contributed by atoms with van der Waals surface area (Å²) in [4.78, 5) is 4.46. The number of aliphatic hydroxyl groups is 1. The maximum absolute atomic E-state index is 9.85. The topological polar surface area (TPSA) is 76.5 Å². The average molecular weight is 274 g/mol. The standard InChI is InChI=1S/C15H22N4O/c1-15(2,20)11-18-5-7-19(8-6-18)14-4-3-13(17)9-12(14)10-16/h3-4,9,20H,5-8,11,17H2,1-2H3. The predicted molar refractivity (Wildman–Crippen MR) is 80.5 cm³/mol. The Morgan fingerprint density at radius 2 is 1.95 bits per heavy atom. The Kier molecular flexibility index (Phi) is 4.17. The molecule has 0 spiro atoms. The molecule has 0 amide bonds. The first-order chi connectivity index (χ1) is 9.39. The molecule has 0 unspecified atom stereocenters. The maximum atomic E-state index is 9.85. The molecule has 0 saturated carbocycles. The van der Waals surface area contributed by atoms with Gasteiger partial charge in [0.25, 0.3) is 0 Å². The van der Waals surface area contributed by atoms with Gasteiger partial charge in [-0.1, -0.05) is 0 Å². The Bertz CT molecular complexity index is 508. The van der Waals surface area contributed by atoms with E-state index in [1.165, 1.54) is 0 Å². The van der Waals surface area contributed by atoms with Gasteiger partial charge < -0.3 is 15.7 Å². The highest BCUT2D eigenvalue weighted by Crippen LogP contribution is 2.24. The van der Waals surface area contributed by atoms with Crippen molar-refractivity contribution in [3.63, 3.8) is 0 Å². The molecule has 5 heteroatoms. The molecule has 0 aromatic heterocycles. The molecule has 1 aromatic rings. The van der Waals surface area contributed by atoms with E-state index in [0.717, 1.165) is 31.9 Å². The van der Waals surface area contributed by atoms with Gasteiger partial charge in [0, 0.05) is 38.4 Å². The summed E-state index contributed by atoms with van der Waals surface area (Å²) in [5.41, 5.74) is 7.24. The number of anilines is 2. The van der Waals surface area contributed by atoms with E-state index in [1.807, 2.05) is 26.0 Å². The zero-order valence-corrected chi connectivity index (χ0v) is 12.1. The second-order valence-electron chi connectivity index (χ2n) is 5.96. The first kappa shape index (κ1) is 14.6. The van der Waals surface area contributed by atoms with E-state index in [-0.39, 0.29) is 0 Å². The van der Waals surface area contributed by atoms with Crippen molar-refractivity contribution in [2.24, 2.45) is 0 Å². The van der Waals surface area contributed by atoms with Crippen LogP contribution in [0.1, 0.15) is 19.4 Å². The lowest BCUT2D eigenvalue weighted by Gasteiger charge is -2.38. The van der Waals surface area contributed by atoms with E-state index in [2.05, 4.69) is 15.9 Å². The SMILES string of the molecule is CC(C)(O)CN1CCN(c2ccc(N)cc2C#N)CC1. The first-order valence-corrected chi connectivity index (χ1v) is 6.88. The zero-order chi connectivity index (χ0) is 14.8. The van der Waals surface area contributed by atoms with E-state index in [1.54, 1.807) is 6.07 Å². The van der Waals surface area contributed by atoms with E-state index in [4.69, 9.17) is 5.73 Å². The van der Waals surface area contributed by atoms with Crippen molar-refractivity contribution in [2.45, 2.75) is 19.4 Å². The normalized spacial score (nSPS) is 17.0. The molecule has 0 radical (unpaired) electrons. The molecular formula is C15H22N4O. The lowest BCUT2D eigenvalue weighted by molar-refractivity contribution is 0.0345. The molecule has 1 fully saturated rings. The summed E-state index contributed by atoms with van der Waals surface area (Å²) in [6.45, 7) is 7.82. The van der Waals surface area contributed by atoms with Crippen LogP contribution in [0, 0.1) is 11.3 Å². The summed E-state index contributed by atoms with van der Waals surface area (Å²) in [5, 5.41) is 19.1. The van der Waals surface area contributed by atoms with Crippen LogP contribution in [0.2, 0.25) is 0 Å². The molecule has 1 aromatic carbocycles. The van der Waals surface area contributed by atoms with E-state index < -0.39 is 5.60 Å². The van der Waals surface area contributed by atoms with Gasteiger partial charge in [-0.05, 0) is 32.0 Å². The number of benzene rings is 1. The van der Waals surface area contributed by atoms with Gasteiger partial charge in [-0.2, -0.15) is 5.26 Å². The minimum Gasteiger partial charge on any atom is -0.399 e. The van der Waals surface area contributed by atoms with Crippen LogP contribution in [0.15, 0.2) is 18.2 Å². The smallest absolute Gasteiger partial charge is 0.101 e. The van der Waals surface area contributed by atoms with Gasteiger partial charge in [-0.3, -0.25) is 4.90 Å². The number of hydrogen-bond acceptors (Lipinski definition) is 5. The summed E-state index contributed by atoms with van der Waals surface area (Å²) in [6.07, 6.45) is 0. The third kappa shape index (κ3) is 3.62. The van der Waals surface area contributed by atoms with Crippen LogP contribution in [0.4, 0.5) is 11.4 Å². The number of β-amino-alcohol motifs (C(OH)–C–C–N with tert-alkyl or cyclic N) is 1. The van der Waals surface area contributed by atoms with Crippen molar-refractivity contribution in [3.05, 3.63) is 23.8 Å². The molecule has 2 rings (SSSR count). The number of nitriles is 1. The molecule has 3 N–H and O–H groups in total. The van der Waals surface area contributed by atoms with Crippen molar-refractivity contribution < 1.29 is 5.11 Å².